The molecule has 0 bridgehead atoms. The van der Waals surface area contributed by atoms with Gasteiger partial charge in [0.2, 0.25) is 15.9 Å². The lowest BCUT2D eigenvalue weighted by Crippen LogP contribution is -2.37. The predicted octanol–water partition coefficient (Wildman–Crippen LogP) is 1.04. The molecular weight excluding hydrogens is 364 g/mol. The molecule has 0 spiro atoms. The van der Waals surface area contributed by atoms with Crippen LogP contribution in [0.25, 0.3) is 0 Å². The van der Waals surface area contributed by atoms with Gasteiger partial charge in [-0.15, -0.1) is 11.3 Å². The zero-order chi connectivity index (χ0) is 17.7. The van der Waals surface area contributed by atoms with E-state index < -0.39 is 10.0 Å². The number of hydrogen-bond donors (Lipinski definition) is 1. The number of rotatable bonds is 7. The molecule has 0 aromatic carbocycles. The fraction of sp³-hybridized carbons (Fsp3) is 0.467. The van der Waals surface area contributed by atoms with Crippen LogP contribution in [0, 0.1) is 6.92 Å². The molecule has 0 radical (unpaired) electrons. The molecule has 1 aliphatic heterocycles. The smallest absolute Gasteiger partial charge is 0.250 e. The van der Waals surface area contributed by atoms with Gasteiger partial charge in [-0.25, -0.2) is 18.1 Å². The van der Waals surface area contributed by atoms with E-state index in [1.54, 1.807) is 30.5 Å². The number of ether oxygens (including phenoxy) is 2. The van der Waals surface area contributed by atoms with Gasteiger partial charge in [0.1, 0.15) is 22.5 Å². The Kier molecular flexibility index (Phi) is 5.84. The van der Waals surface area contributed by atoms with Gasteiger partial charge in [-0.1, -0.05) is 6.07 Å². The van der Waals surface area contributed by atoms with Crippen LogP contribution in [0.4, 0.5) is 5.82 Å². The lowest BCUT2D eigenvalue weighted by atomic mass is 10.4. The topological polar surface area (TPSA) is 93.6 Å². The number of aryl methyl sites for hydroxylation is 1. The molecule has 3 rings (SSSR count). The molecule has 2 aromatic rings. The summed E-state index contributed by atoms with van der Waals surface area (Å²) in [7, 11) is -3.47. The van der Waals surface area contributed by atoms with E-state index in [1.807, 2.05) is 0 Å². The summed E-state index contributed by atoms with van der Waals surface area (Å²) < 4.78 is 37.8. The Hall–Kier alpha value is -1.75. The molecule has 0 saturated carbocycles. The standard InChI is InChI=1S/C15H20N4O4S2/c1-12-17-13(19-5-8-22-9-6-19)11-14(18-12)23-7-4-16-25(20,21)15-3-2-10-24-15/h2-3,10-11,16H,4-9H2,1H3. The van der Waals surface area contributed by atoms with E-state index in [9.17, 15) is 8.42 Å². The summed E-state index contributed by atoms with van der Waals surface area (Å²) in [5.74, 6) is 1.84. The van der Waals surface area contributed by atoms with Crippen LogP contribution < -0.4 is 14.4 Å². The van der Waals surface area contributed by atoms with E-state index in [2.05, 4.69) is 19.6 Å². The lowest BCUT2D eigenvalue weighted by molar-refractivity contribution is 0.122. The van der Waals surface area contributed by atoms with E-state index in [1.165, 1.54) is 11.3 Å². The van der Waals surface area contributed by atoms with Crippen molar-refractivity contribution in [2.75, 3.05) is 44.4 Å². The second-order valence-corrected chi connectivity index (χ2v) is 8.33. The first-order valence-electron chi connectivity index (χ1n) is 7.89. The zero-order valence-electron chi connectivity index (χ0n) is 13.8. The molecule has 136 valence electrons. The Morgan fingerprint density at radius 1 is 1.36 bits per heavy atom. The highest BCUT2D eigenvalue weighted by molar-refractivity contribution is 7.91. The number of nitrogens with zero attached hydrogens (tertiary/aromatic N) is 3. The van der Waals surface area contributed by atoms with Crippen LogP contribution in [0.3, 0.4) is 0 Å². The molecule has 0 amide bonds. The maximum absolute atomic E-state index is 12.0. The quantitative estimate of drug-likeness (QED) is 0.713. The molecule has 0 unspecified atom stereocenters. The summed E-state index contributed by atoms with van der Waals surface area (Å²) in [6.45, 7) is 5.04. The average molecular weight is 384 g/mol. The maximum atomic E-state index is 12.0. The third-order valence-electron chi connectivity index (χ3n) is 3.54. The molecule has 1 aliphatic rings. The largest absolute Gasteiger partial charge is 0.476 e. The van der Waals surface area contributed by atoms with Crippen LogP contribution in [0.2, 0.25) is 0 Å². The summed E-state index contributed by atoms with van der Waals surface area (Å²) in [4.78, 5) is 10.8. The molecule has 1 fully saturated rings. The second kappa shape index (κ2) is 8.09. The molecule has 1 saturated heterocycles. The van der Waals surface area contributed by atoms with Crippen molar-refractivity contribution in [1.29, 1.82) is 0 Å². The van der Waals surface area contributed by atoms with Gasteiger partial charge in [-0.2, -0.15) is 4.98 Å². The maximum Gasteiger partial charge on any atom is 0.250 e. The molecule has 1 N–H and O–H groups in total. The van der Waals surface area contributed by atoms with E-state index in [0.717, 1.165) is 18.9 Å². The SMILES string of the molecule is Cc1nc(OCCNS(=O)(=O)c2cccs2)cc(N2CCOCC2)n1. The zero-order valence-corrected chi connectivity index (χ0v) is 15.5. The number of morpholine rings is 1. The van der Waals surface area contributed by atoms with Crippen LogP contribution in [-0.2, 0) is 14.8 Å². The normalized spacial score (nSPS) is 15.3. The van der Waals surface area contributed by atoms with Gasteiger partial charge < -0.3 is 14.4 Å². The fourth-order valence-corrected chi connectivity index (χ4v) is 4.42. The lowest BCUT2D eigenvalue weighted by Gasteiger charge is -2.28. The number of hydrogen-bond acceptors (Lipinski definition) is 8. The molecule has 25 heavy (non-hydrogen) atoms. The van der Waals surface area contributed by atoms with Gasteiger partial charge in [0, 0.05) is 25.7 Å². The first-order chi connectivity index (χ1) is 12.0. The minimum atomic E-state index is -3.47. The fourth-order valence-electron chi connectivity index (χ4n) is 2.37. The molecule has 0 aliphatic carbocycles. The van der Waals surface area contributed by atoms with Crippen molar-refractivity contribution in [3.8, 4) is 5.88 Å². The third kappa shape index (κ3) is 4.88. The van der Waals surface area contributed by atoms with Crippen LogP contribution >= 0.6 is 11.3 Å². The van der Waals surface area contributed by atoms with E-state index in [0.29, 0.717) is 29.1 Å². The number of nitrogens with one attached hydrogen (secondary N) is 1. The average Bonchev–Trinajstić information content (AvgIpc) is 3.15. The number of sulfonamides is 1. The Bertz CT molecular complexity index is 790. The van der Waals surface area contributed by atoms with E-state index >= 15 is 0 Å². The van der Waals surface area contributed by atoms with E-state index in [4.69, 9.17) is 9.47 Å². The predicted molar refractivity (Wildman–Crippen MR) is 94.8 cm³/mol. The van der Waals surface area contributed by atoms with Crippen LogP contribution in [0.1, 0.15) is 5.82 Å². The van der Waals surface area contributed by atoms with Gasteiger partial charge in [0.25, 0.3) is 0 Å². The molecule has 2 aromatic heterocycles. The minimum absolute atomic E-state index is 0.163. The third-order valence-corrected chi connectivity index (χ3v) is 6.40. The van der Waals surface area contributed by atoms with Crippen LogP contribution in [-0.4, -0.2) is 57.8 Å². The van der Waals surface area contributed by atoms with Crippen molar-refractivity contribution in [2.45, 2.75) is 11.1 Å². The Morgan fingerprint density at radius 2 is 2.16 bits per heavy atom. The Morgan fingerprint density at radius 3 is 2.88 bits per heavy atom. The highest BCUT2D eigenvalue weighted by Gasteiger charge is 2.16. The van der Waals surface area contributed by atoms with Crippen molar-refractivity contribution >= 4 is 27.2 Å². The molecule has 10 heteroatoms. The van der Waals surface area contributed by atoms with Gasteiger partial charge in [0.05, 0.1) is 13.2 Å². The van der Waals surface area contributed by atoms with Crippen LogP contribution in [0.15, 0.2) is 27.8 Å². The summed E-state index contributed by atoms with van der Waals surface area (Å²) >= 11 is 1.18. The molecule has 0 atom stereocenters. The van der Waals surface area contributed by atoms with Crippen LogP contribution in [0.5, 0.6) is 5.88 Å². The number of thiophene rings is 1. The Labute approximate surface area is 150 Å². The van der Waals surface area contributed by atoms with Gasteiger partial charge in [0.15, 0.2) is 0 Å². The minimum Gasteiger partial charge on any atom is -0.476 e. The van der Waals surface area contributed by atoms with E-state index in [-0.39, 0.29) is 13.2 Å². The van der Waals surface area contributed by atoms with Gasteiger partial charge in [-0.05, 0) is 18.4 Å². The summed E-state index contributed by atoms with van der Waals surface area (Å²) in [6.07, 6.45) is 0. The number of anilines is 1. The second-order valence-electron chi connectivity index (χ2n) is 5.39. The monoisotopic (exact) mass is 384 g/mol. The first kappa shape index (κ1) is 18.1. The summed E-state index contributed by atoms with van der Waals surface area (Å²) in [6, 6.07) is 5.04. The van der Waals surface area contributed by atoms with Crippen molar-refractivity contribution in [3.05, 3.63) is 29.4 Å². The highest BCUT2D eigenvalue weighted by atomic mass is 32.2. The first-order valence-corrected chi connectivity index (χ1v) is 10.3. The number of aromatic nitrogens is 2. The van der Waals surface area contributed by atoms with Gasteiger partial charge >= 0.3 is 0 Å². The molecule has 3 heterocycles. The van der Waals surface area contributed by atoms with Crippen molar-refractivity contribution in [2.24, 2.45) is 0 Å². The molecule has 8 nitrogen and oxygen atoms in total. The van der Waals surface area contributed by atoms with Gasteiger partial charge in [-0.3, -0.25) is 0 Å². The Balaban J connectivity index is 1.55. The highest BCUT2D eigenvalue weighted by Crippen LogP contribution is 2.19. The summed E-state index contributed by atoms with van der Waals surface area (Å²) in [5.41, 5.74) is 0. The van der Waals surface area contributed by atoms with Crippen molar-refractivity contribution < 1.29 is 17.9 Å². The van der Waals surface area contributed by atoms with Crippen molar-refractivity contribution in [1.82, 2.24) is 14.7 Å². The van der Waals surface area contributed by atoms with Crippen molar-refractivity contribution in [3.63, 3.8) is 0 Å². The summed E-state index contributed by atoms with van der Waals surface area (Å²) in [5, 5.41) is 1.72. The molecular formula is C15H20N4O4S2.